The van der Waals surface area contributed by atoms with Crippen molar-refractivity contribution in [3.8, 4) is 0 Å². The molecule has 17 heavy (non-hydrogen) atoms. The fourth-order valence-electron chi connectivity index (χ4n) is 2.43. The van der Waals surface area contributed by atoms with Crippen LogP contribution in [0.4, 0.5) is 5.69 Å². The number of aryl methyl sites for hydroxylation is 1. The van der Waals surface area contributed by atoms with Crippen LogP contribution >= 0.6 is 0 Å². The molecule has 1 aromatic rings. The SMILES string of the molecule is CC(C)(C)c1noc2c1N(C(C)(C)C)CCC2. The lowest BCUT2D eigenvalue weighted by Gasteiger charge is -2.40. The van der Waals surface area contributed by atoms with Gasteiger partial charge in [-0.2, -0.15) is 0 Å². The molecule has 0 unspecified atom stereocenters. The van der Waals surface area contributed by atoms with E-state index in [0.29, 0.717) is 0 Å². The van der Waals surface area contributed by atoms with Gasteiger partial charge in [0, 0.05) is 23.9 Å². The molecular formula is C14H24N2O. The van der Waals surface area contributed by atoms with E-state index in [4.69, 9.17) is 4.52 Å². The highest BCUT2D eigenvalue weighted by Gasteiger charge is 2.35. The summed E-state index contributed by atoms with van der Waals surface area (Å²) in [5.74, 6) is 1.07. The van der Waals surface area contributed by atoms with Crippen molar-refractivity contribution in [3.05, 3.63) is 11.5 Å². The van der Waals surface area contributed by atoms with Crippen molar-refractivity contribution < 1.29 is 4.52 Å². The van der Waals surface area contributed by atoms with Crippen LogP contribution in [-0.4, -0.2) is 17.2 Å². The molecule has 0 fully saturated rings. The molecule has 0 atom stereocenters. The van der Waals surface area contributed by atoms with Crippen LogP contribution in [0.1, 0.15) is 59.4 Å². The van der Waals surface area contributed by atoms with E-state index in [-0.39, 0.29) is 11.0 Å². The zero-order valence-corrected chi connectivity index (χ0v) is 11.9. The Labute approximate surface area is 104 Å². The summed E-state index contributed by atoms with van der Waals surface area (Å²) in [6.07, 6.45) is 2.17. The lowest BCUT2D eigenvalue weighted by Crippen LogP contribution is -2.45. The fourth-order valence-corrected chi connectivity index (χ4v) is 2.43. The van der Waals surface area contributed by atoms with E-state index in [1.807, 2.05) is 0 Å². The third-order valence-corrected chi connectivity index (χ3v) is 3.31. The van der Waals surface area contributed by atoms with Crippen LogP contribution in [0, 0.1) is 0 Å². The number of rotatable bonds is 0. The van der Waals surface area contributed by atoms with E-state index in [9.17, 15) is 0 Å². The molecule has 0 saturated carbocycles. The van der Waals surface area contributed by atoms with Crippen molar-refractivity contribution in [2.75, 3.05) is 11.4 Å². The molecule has 96 valence electrons. The van der Waals surface area contributed by atoms with Crippen molar-refractivity contribution in [2.24, 2.45) is 0 Å². The molecule has 1 aliphatic heterocycles. The second kappa shape index (κ2) is 3.76. The minimum atomic E-state index is 0.0396. The standard InChI is InChI=1S/C14H24N2O/c1-13(2,3)12-11-10(17-15-12)8-7-9-16(11)14(4,5)6/h7-9H2,1-6H3. The topological polar surface area (TPSA) is 29.3 Å². The van der Waals surface area contributed by atoms with E-state index in [2.05, 4.69) is 51.6 Å². The van der Waals surface area contributed by atoms with Crippen LogP contribution in [0.15, 0.2) is 4.52 Å². The smallest absolute Gasteiger partial charge is 0.160 e. The van der Waals surface area contributed by atoms with Crippen molar-refractivity contribution in [1.82, 2.24) is 5.16 Å². The van der Waals surface area contributed by atoms with Gasteiger partial charge in [-0.15, -0.1) is 0 Å². The average molecular weight is 236 g/mol. The van der Waals surface area contributed by atoms with E-state index >= 15 is 0 Å². The lowest BCUT2D eigenvalue weighted by molar-refractivity contribution is 0.357. The highest BCUT2D eigenvalue weighted by Crippen LogP contribution is 2.40. The normalized spacial score (nSPS) is 17.2. The lowest BCUT2D eigenvalue weighted by atomic mass is 9.88. The van der Waals surface area contributed by atoms with Crippen LogP contribution in [0.25, 0.3) is 0 Å². The summed E-state index contributed by atoms with van der Waals surface area (Å²) < 4.78 is 5.55. The molecule has 0 aromatic carbocycles. The Hall–Kier alpha value is -0.990. The maximum absolute atomic E-state index is 5.55. The first-order valence-corrected chi connectivity index (χ1v) is 6.48. The number of hydrogen-bond acceptors (Lipinski definition) is 3. The summed E-state index contributed by atoms with van der Waals surface area (Å²) in [5.41, 5.74) is 2.51. The summed E-state index contributed by atoms with van der Waals surface area (Å²) in [6, 6.07) is 0. The van der Waals surface area contributed by atoms with Gasteiger partial charge in [0.15, 0.2) is 5.76 Å². The summed E-state index contributed by atoms with van der Waals surface area (Å²) >= 11 is 0. The van der Waals surface area contributed by atoms with Crippen LogP contribution < -0.4 is 4.90 Å². The van der Waals surface area contributed by atoms with Crippen molar-refractivity contribution in [3.63, 3.8) is 0 Å². The van der Waals surface area contributed by atoms with Crippen molar-refractivity contribution in [1.29, 1.82) is 0 Å². The Kier molecular flexibility index (Phi) is 2.75. The van der Waals surface area contributed by atoms with Crippen LogP contribution in [0.3, 0.4) is 0 Å². The molecule has 1 aromatic heterocycles. The Morgan fingerprint density at radius 1 is 1.12 bits per heavy atom. The summed E-state index contributed by atoms with van der Waals surface area (Å²) in [5, 5.41) is 4.32. The summed E-state index contributed by atoms with van der Waals surface area (Å²) in [4.78, 5) is 2.45. The Balaban J connectivity index is 2.52. The predicted molar refractivity (Wildman–Crippen MR) is 70.6 cm³/mol. The number of fused-ring (bicyclic) bond motifs is 1. The second-order valence-electron chi connectivity index (χ2n) is 6.98. The molecule has 1 aliphatic rings. The quantitative estimate of drug-likeness (QED) is 0.690. The zero-order chi connectivity index (χ0) is 12.8. The molecule has 0 aliphatic carbocycles. The van der Waals surface area contributed by atoms with Crippen molar-refractivity contribution >= 4 is 5.69 Å². The van der Waals surface area contributed by atoms with Gasteiger partial charge in [-0.1, -0.05) is 25.9 Å². The highest BCUT2D eigenvalue weighted by atomic mass is 16.5. The number of hydrogen-bond donors (Lipinski definition) is 0. The molecule has 0 saturated heterocycles. The first-order valence-electron chi connectivity index (χ1n) is 6.48. The molecule has 0 spiro atoms. The minimum absolute atomic E-state index is 0.0396. The van der Waals surface area contributed by atoms with Gasteiger partial charge in [0.25, 0.3) is 0 Å². The molecule has 3 heteroatoms. The van der Waals surface area contributed by atoms with E-state index in [1.54, 1.807) is 0 Å². The van der Waals surface area contributed by atoms with Gasteiger partial charge < -0.3 is 9.42 Å². The van der Waals surface area contributed by atoms with Gasteiger partial charge in [-0.05, 0) is 27.2 Å². The highest BCUT2D eigenvalue weighted by molar-refractivity contribution is 5.59. The van der Waals surface area contributed by atoms with Gasteiger partial charge in [0.05, 0.1) is 0 Å². The van der Waals surface area contributed by atoms with Gasteiger partial charge in [-0.3, -0.25) is 0 Å². The third kappa shape index (κ3) is 2.20. The zero-order valence-electron chi connectivity index (χ0n) is 11.9. The first kappa shape index (κ1) is 12.5. The first-order chi connectivity index (χ1) is 7.71. The third-order valence-electron chi connectivity index (χ3n) is 3.31. The molecule has 3 nitrogen and oxygen atoms in total. The van der Waals surface area contributed by atoms with Crippen LogP contribution in [0.5, 0.6) is 0 Å². The van der Waals surface area contributed by atoms with Crippen LogP contribution in [0.2, 0.25) is 0 Å². The monoisotopic (exact) mass is 236 g/mol. The Bertz CT molecular complexity index is 407. The van der Waals surface area contributed by atoms with E-state index in [1.165, 1.54) is 5.69 Å². The van der Waals surface area contributed by atoms with E-state index < -0.39 is 0 Å². The number of anilines is 1. The maximum Gasteiger partial charge on any atom is 0.160 e. The number of aromatic nitrogens is 1. The van der Waals surface area contributed by atoms with Crippen LogP contribution in [-0.2, 0) is 11.8 Å². The maximum atomic E-state index is 5.55. The summed E-state index contributed by atoms with van der Waals surface area (Å²) in [7, 11) is 0. The summed E-state index contributed by atoms with van der Waals surface area (Å²) in [6.45, 7) is 14.4. The van der Waals surface area contributed by atoms with E-state index in [0.717, 1.165) is 30.8 Å². The molecular weight excluding hydrogens is 212 g/mol. The van der Waals surface area contributed by atoms with Gasteiger partial charge in [0.2, 0.25) is 0 Å². The molecule has 2 rings (SSSR count). The van der Waals surface area contributed by atoms with Gasteiger partial charge in [-0.25, -0.2) is 0 Å². The minimum Gasteiger partial charge on any atom is -0.362 e. The van der Waals surface area contributed by atoms with Crippen molar-refractivity contribution in [2.45, 2.75) is 65.3 Å². The van der Waals surface area contributed by atoms with Gasteiger partial charge >= 0.3 is 0 Å². The second-order valence-corrected chi connectivity index (χ2v) is 6.98. The largest absolute Gasteiger partial charge is 0.362 e. The molecule has 0 radical (unpaired) electrons. The Morgan fingerprint density at radius 3 is 2.29 bits per heavy atom. The molecule has 0 amide bonds. The predicted octanol–water partition coefficient (Wildman–Crippen LogP) is 3.52. The molecule has 0 N–H and O–H groups in total. The van der Waals surface area contributed by atoms with Gasteiger partial charge in [0.1, 0.15) is 11.4 Å². The average Bonchev–Trinajstić information content (AvgIpc) is 2.57. The molecule has 0 bridgehead atoms. The Morgan fingerprint density at radius 2 is 1.76 bits per heavy atom. The fraction of sp³-hybridized carbons (Fsp3) is 0.786. The number of nitrogens with zero attached hydrogens (tertiary/aromatic N) is 2. The molecule has 2 heterocycles.